The summed E-state index contributed by atoms with van der Waals surface area (Å²) in [5, 5.41) is 2.42. The van der Waals surface area contributed by atoms with E-state index < -0.39 is 27.4 Å². The van der Waals surface area contributed by atoms with E-state index in [1.165, 1.54) is 12.1 Å². The second-order valence-electron chi connectivity index (χ2n) is 5.58. The minimum atomic E-state index is -3.91. The zero-order valence-corrected chi connectivity index (χ0v) is 13.2. The van der Waals surface area contributed by atoms with Crippen LogP contribution < -0.4 is 15.6 Å². The third-order valence-electron chi connectivity index (χ3n) is 2.32. The molecule has 21 heavy (non-hydrogen) atoms. The number of rotatable bonds is 3. The predicted molar refractivity (Wildman–Crippen MR) is 77.5 cm³/mol. The van der Waals surface area contributed by atoms with E-state index >= 15 is 0 Å². The topological polar surface area (TPSA) is 104 Å². The van der Waals surface area contributed by atoms with Crippen LogP contribution in [0.15, 0.2) is 29.2 Å². The molecule has 0 radical (unpaired) electrons. The zero-order chi connectivity index (χ0) is 16.3. The SMILES string of the molecule is Cc1ccc(S(=O)(=O)NNC(=O)C(=O)NC(C)(C)C)cc1. The monoisotopic (exact) mass is 313 g/mol. The van der Waals surface area contributed by atoms with Crippen LogP contribution in [0.25, 0.3) is 0 Å². The van der Waals surface area contributed by atoms with Crippen LogP contribution in [0.5, 0.6) is 0 Å². The van der Waals surface area contributed by atoms with Crippen LogP contribution in [-0.2, 0) is 19.6 Å². The van der Waals surface area contributed by atoms with E-state index in [1.54, 1.807) is 32.9 Å². The van der Waals surface area contributed by atoms with Gasteiger partial charge in [-0.3, -0.25) is 15.0 Å². The molecular formula is C13H19N3O4S. The molecule has 1 aromatic carbocycles. The van der Waals surface area contributed by atoms with E-state index in [0.29, 0.717) is 0 Å². The Morgan fingerprint density at radius 2 is 1.52 bits per heavy atom. The van der Waals surface area contributed by atoms with Crippen molar-refractivity contribution in [2.24, 2.45) is 0 Å². The Hall–Kier alpha value is -1.93. The lowest BCUT2D eigenvalue weighted by molar-refractivity contribution is -0.140. The molecule has 0 aromatic heterocycles. The number of sulfonamides is 1. The van der Waals surface area contributed by atoms with Crippen molar-refractivity contribution in [3.05, 3.63) is 29.8 Å². The Kier molecular flexibility index (Phi) is 5.08. The van der Waals surface area contributed by atoms with Gasteiger partial charge in [0.25, 0.3) is 10.0 Å². The summed E-state index contributed by atoms with van der Waals surface area (Å²) < 4.78 is 23.8. The second-order valence-corrected chi connectivity index (χ2v) is 7.26. The fraction of sp³-hybridized carbons (Fsp3) is 0.385. The number of carbonyl (C=O) groups is 2. The molecule has 0 aliphatic carbocycles. The van der Waals surface area contributed by atoms with E-state index in [-0.39, 0.29) is 4.90 Å². The highest BCUT2D eigenvalue weighted by molar-refractivity contribution is 7.89. The molecule has 2 amide bonds. The molecule has 0 fully saturated rings. The highest BCUT2D eigenvalue weighted by Gasteiger charge is 2.22. The molecule has 7 nitrogen and oxygen atoms in total. The van der Waals surface area contributed by atoms with Gasteiger partial charge < -0.3 is 5.32 Å². The van der Waals surface area contributed by atoms with Crippen molar-refractivity contribution in [2.45, 2.75) is 38.1 Å². The first-order chi connectivity index (χ1) is 9.51. The summed E-state index contributed by atoms with van der Waals surface area (Å²) in [7, 11) is -3.91. The number of hydrogen-bond acceptors (Lipinski definition) is 4. The average Bonchev–Trinajstić information content (AvgIpc) is 2.34. The Morgan fingerprint density at radius 1 is 1.00 bits per heavy atom. The van der Waals surface area contributed by atoms with Gasteiger partial charge in [-0.1, -0.05) is 17.7 Å². The molecule has 0 spiro atoms. The third kappa shape index (κ3) is 5.52. The predicted octanol–water partition coefficient (Wildman–Crippen LogP) is 0.219. The van der Waals surface area contributed by atoms with Crippen LogP contribution >= 0.6 is 0 Å². The molecule has 1 aromatic rings. The Balaban J connectivity index is 2.68. The fourth-order valence-electron chi connectivity index (χ4n) is 1.34. The van der Waals surface area contributed by atoms with Crippen molar-refractivity contribution in [3.8, 4) is 0 Å². The number of aryl methyl sites for hydroxylation is 1. The van der Waals surface area contributed by atoms with E-state index in [9.17, 15) is 18.0 Å². The van der Waals surface area contributed by atoms with Crippen molar-refractivity contribution in [1.82, 2.24) is 15.6 Å². The first-order valence-corrected chi connectivity index (χ1v) is 7.70. The first kappa shape index (κ1) is 17.1. The number of hydrazine groups is 1. The van der Waals surface area contributed by atoms with Gasteiger partial charge in [-0.25, -0.2) is 8.42 Å². The molecule has 3 N–H and O–H groups in total. The van der Waals surface area contributed by atoms with E-state index in [2.05, 4.69) is 5.32 Å². The van der Waals surface area contributed by atoms with Crippen molar-refractivity contribution in [2.75, 3.05) is 0 Å². The van der Waals surface area contributed by atoms with Crippen LogP contribution in [0.3, 0.4) is 0 Å². The summed E-state index contributed by atoms with van der Waals surface area (Å²) in [5.74, 6) is -2.00. The molecule has 0 unspecified atom stereocenters. The highest BCUT2D eigenvalue weighted by Crippen LogP contribution is 2.08. The summed E-state index contributed by atoms with van der Waals surface area (Å²) in [5.41, 5.74) is 2.18. The van der Waals surface area contributed by atoms with Crippen LogP contribution in [0.4, 0.5) is 0 Å². The summed E-state index contributed by atoms with van der Waals surface area (Å²) in [6, 6.07) is 6.06. The molecule has 0 saturated heterocycles. The van der Waals surface area contributed by atoms with Gasteiger partial charge in [-0.15, -0.1) is 4.83 Å². The van der Waals surface area contributed by atoms with E-state index in [4.69, 9.17) is 0 Å². The van der Waals surface area contributed by atoms with Gasteiger partial charge in [0.15, 0.2) is 0 Å². The molecule has 0 saturated carbocycles. The third-order valence-corrected chi connectivity index (χ3v) is 3.59. The number of hydrogen-bond donors (Lipinski definition) is 3. The van der Waals surface area contributed by atoms with Gasteiger partial charge in [0.05, 0.1) is 4.90 Å². The van der Waals surface area contributed by atoms with Gasteiger partial charge >= 0.3 is 11.8 Å². The van der Waals surface area contributed by atoms with Crippen molar-refractivity contribution in [1.29, 1.82) is 0 Å². The van der Waals surface area contributed by atoms with Crippen molar-refractivity contribution >= 4 is 21.8 Å². The minimum absolute atomic E-state index is 0.00960. The molecule has 0 atom stereocenters. The Bertz CT molecular complexity index is 630. The molecule has 116 valence electrons. The lowest BCUT2D eigenvalue weighted by Crippen LogP contribution is -2.52. The molecule has 0 bridgehead atoms. The van der Waals surface area contributed by atoms with Crippen molar-refractivity contribution < 1.29 is 18.0 Å². The van der Waals surface area contributed by atoms with E-state index in [1.807, 2.05) is 17.2 Å². The largest absolute Gasteiger partial charge is 0.343 e. The van der Waals surface area contributed by atoms with Gasteiger partial charge in [0.1, 0.15) is 0 Å². The molecule has 8 heteroatoms. The van der Waals surface area contributed by atoms with Crippen LogP contribution in [0.1, 0.15) is 26.3 Å². The number of nitrogens with one attached hydrogen (secondary N) is 3. The fourth-order valence-corrected chi connectivity index (χ4v) is 2.18. The van der Waals surface area contributed by atoms with Gasteiger partial charge in [0, 0.05) is 5.54 Å². The Labute approximate surface area is 124 Å². The smallest absolute Gasteiger partial charge is 0.324 e. The maximum Gasteiger partial charge on any atom is 0.324 e. The van der Waals surface area contributed by atoms with Gasteiger partial charge in [-0.05, 0) is 39.8 Å². The number of benzene rings is 1. The number of amides is 2. The summed E-state index contributed by atoms with van der Waals surface area (Å²) in [6.07, 6.45) is 0. The molecular weight excluding hydrogens is 294 g/mol. The summed E-state index contributed by atoms with van der Waals surface area (Å²) in [6.45, 7) is 6.93. The molecule has 1 rings (SSSR count). The van der Waals surface area contributed by atoms with Gasteiger partial charge in [0.2, 0.25) is 0 Å². The van der Waals surface area contributed by atoms with Crippen molar-refractivity contribution in [3.63, 3.8) is 0 Å². The lowest BCUT2D eigenvalue weighted by Gasteiger charge is -2.19. The maximum atomic E-state index is 11.9. The maximum absolute atomic E-state index is 11.9. The van der Waals surface area contributed by atoms with E-state index in [0.717, 1.165) is 5.56 Å². The van der Waals surface area contributed by atoms with Crippen LogP contribution in [-0.4, -0.2) is 25.8 Å². The standard InChI is InChI=1S/C13H19N3O4S/c1-9-5-7-10(8-6-9)21(19,20)16-15-12(18)11(17)14-13(2,3)4/h5-8,16H,1-4H3,(H,14,17)(H,15,18). The minimum Gasteiger partial charge on any atom is -0.343 e. The zero-order valence-electron chi connectivity index (χ0n) is 12.4. The van der Waals surface area contributed by atoms with Gasteiger partial charge in [-0.2, -0.15) is 0 Å². The summed E-state index contributed by atoms with van der Waals surface area (Å²) in [4.78, 5) is 24.9. The highest BCUT2D eigenvalue weighted by atomic mass is 32.2. The second kappa shape index (κ2) is 6.23. The normalized spacial score (nSPS) is 11.8. The Morgan fingerprint density at radius 3 is 2.00 bits per heavy atom. The number of carbonyl (C=O) groups excluding carboxylic acids is 2. The quantitative estimate of drug-likeness (QED) is 0.548. The molecule has 0 aliphatic heterocycles. The molecule has 0 aliphatic rings. The lowest BCUT2D eigenvalue weighted by atomic mass is 10.1. The average molecular weight is 313 g/mol. The summed E-state index contributed by atoms with van der Waals surface area (Å²) >= 11 is 0. The van der Waals surface area contributed by atoms with Crippen LogP contribution in [0.2, 0.25) is 0 Å². The first-order valence-electron chi connectivity index (χ1n) is 6.22. The van der Waals surface area contributed by atoms with Crippen LogP contribution in [0, 0.1) is 6.92 Å². The molecule has 0 heterocycles.